The summed E-state index contributed by atoms with van der Waals surface area (Å²) >= 11 is 0. The largest absolute Gasteiger partial charge is 0.497 e. The number of ether oxygens (including phenoxy) is 2. The minimum Gasteiger partial charge on any atom is -0.497 e. The van der Waals surface area contributed by atoms with E-state index in [0.717, 1.165) is 11.3 Å². The molecule has 0 saturated carbocycles. The molecule has 0 aliphatic carbocycles. The van der Waals surface area contributed by atoms with Gasteiger partial charge in [0.2, 0.25) is 5.91 Å². The third-order valence-electron chi connectivity index (χ3n) is 5.42. The van der Waals surface area contributed by atoms with Crippen LogP contribution in [0.1, 0.15) is 25.8 Å². The van der Waals surface area contributed by atoms with Gasteiger partial charge in [0, 0.05) is 45.7 Å². The zero-order valence-electron chi connectivity index (χ0n) is 17.4. The Kier molecular flexibility index (Phi) is 7.15. The van der Waals surface area contributed by atoms with Gasteiger partial charge in [0.05, 0.1) is 19.3 Å². The number of carbonyl (C=O) groups is 1. The van der Waals surface area contributed by atoms with E-state index in [-0.39, 0.29) is 18.1 Å². The third-order valence-corrected chi connectivity index (χ3v) is 7.39. The van der Waals surface area contributed by atoms with Crippen LogP contribution in [0.5, 0.6) is 5.75 Å². The Morgan fingerprint density at radius 1 is 1.03 bits per heavy atom. The summed E-state index contributed by atoms with van der Waals surface area (Å²) < 4.78 is 39.7. The Morgan fingerprint density at radius 3 is 2.17 bits per heavy atom. The van der Waals surface area contributed by atoms with Crippen LogP contribution in [0.15, 0.2) is 24.3 Å². The molecule has 2 aliphatic heterocycles. The second-order valence-corrected chi connectivity index (χ2v) is 9.64. The summed E-state index contributed by atoms with van der Waals surface area (Å²) in [6.07, 6.45) is 0.839. The summed E-state index contributed by atoms with van der Waals surface area (Å²) in [6.45, 7) is 6.02. The van der Waals surface area contributed by atoms with Crippen LogP contribution in [0.3, 0.4) is 0 Å². The van der Waals surface area contributed by atoms with Crippen molar-refractivity contribution in [1.29, 1.82) is 0 Å². The molecule has 2 aliphatic rings. The lowest BCUT2D eigenvalue weighted by molar-refractivity contribution is -0.132. The topological polar surface area (TPSA) is 79.4 Å². The summed E-state index contributed by atoms with van der Waals surface area (Å²) in [4.78, 5) is 14.3. The molecule has 2 saturated heterocycles. The van der Waals surface area contributed by atoms with Crippen LogP contribution in [0.25, 0.3) is 0 Å². The van der Waals surface area contributed by atoms with E-state index in [1.165, 1.54) is 8.61 Å². The number of morpholine rings is 1. The van der Waals surface area contributed by atoms with Gasteiger partial charge in [0.15, 0.2) is 0 Å². The van der Waals surface area contributed by atoms with Crippen molar-refractivity contribution >= 4 is 16.1 Å². The molecule has 2 atom stereocenters. The number of hydrogen-bond acceptors (Lipinski definition) is 5. The van der Waals surface area contributed by atoms with Crippen molar-refractivity contribution in [2.45, 2.75) is 38.9 Å². The molecule has 0 N–H and O–H groups in total. The predicted molar refractivity (Wildman–Crippen MR) is 110 cm³/mol. The van der Waals surface area contributed by atoms with E-state index in [1.54, 1.807) is 12.0 Å². The zero-order valence-corrected chi connectivity index (χ0v) is 18.2. The maximum absolute atomic E-state index is 13.0. The maximum atomic E-state index is 13.0. The van der Waals surface area contributed by atoms with Gasteiger partial charge in [-0.05, 0) is 38.0 Å². The number of aryl methyl sites for hydroxylation is 1. The first-order chi connectivity index (χ1) is 13.8. The van der Waals surface area contributed by atoms with Crippen LogP contribution in [-0.2, 0) is 26.2 Å². The average Bonchev–Trinajstić information content (AvgIpc) is 2.71. The van der Waals surface area contributed by atoms with Gasteiger partial charge in [0.1, 0.15) is 5.75 Å². The monoisotopic (exact) mass is 425 g/mol. The molecule has 1 aromatic rings. The van der Waals surface area contributed by atoms with E-state index >= 15 is 0 Å². The molecule has 162 valence electrons. The van der Waals surface area contributed by atoms with Gasteiger partial charge >= 0.3 is 0 Å². The molecule has 1 amide bonds. The fourth-order valence-corrected chi connectivity index (χ4v) is 5.60. The van der Waals surface area contributed by atoms with Crippen molar-refractivity contribution in [3.63, 3.8) is 0 Å². The van der Waals surface area contributed by atoms with E-state index in [0.29, 0.717) is 52.1 Å². The summed E-state index contributed by atoms with van der Waals surface area (Å²) in [5.41, 5.74) is 1.08. The van der Waals surface area contributed by atoms with Crippen LogP contribution in [0.2, 0.25) is 0 Å². The van der Waals surface area contributed by atoms with E-state index in [1.807, 2.05) is 38.1 Å². The Morgan fingerprint density at radius 2 is 1.62 bits per heavy atom. The first kappa shape index (κ1) is 22.0. The van der Waals surface area contributed by atoms with Crippen molar-refractivity contribution in [3.8, 4) is 5.75 Å². The van der Waals surface area contributed by atoms with Crippen molar-refractivity contribution < 1.29 is 22.7 Å². The van der Waals surface area contributed by atoms with Gasteiger partial charge in [-0.3, -0.25) is 4.79 Å². The van der Waals surface area contributed by atoms with Crippen LogP contribution < -0.4 is 4.74 Å². The summed E-state index contributed by atoms with van der Waals surface area (Å²) in [7, 11) is -1.90. The average molecular weight is 426 g/mol. The number of benzene rings is 1. The molecule has 1 aromatic carbocycles. The Hall–Kier alpha value is -1.68. The molecule has 9 heteroatoms. The van der Waals surface area contributed by atoms with Gasteiger partial charge in [0.25, 0.3) is 10.2 Å². The zero-order chi connectivity index (χ0) is 21.0. The van der Waals surface area contributed by atoms with Crippen LogP contribution >= 0.6 is 0 Å². The first-order valence-electron chi connectivity index (χ1n) is 10.1. The summed E-state index contributed by atoms with van der Waals surface area (Å²) in [5.74, 6) is 0.855. The van der Waals surface area contributed by atoms with Gasteiger partial charge in [-0.2, -0.15) is 17.0 Å². The first-order valence-corrected chi connectivity index (χ1v) is 11.5. The number of hydrogen-bond donors (Lipinski definition) is 0. The summed E-state index contributed by atoms with van der Waals surface area (Å²) in [5, 5.41) is 0. The van der Waals surface area contributed by atoms with E-state index in [4.69, 9.17) is 9.47 Å². The van der Waals surface area contributed by atoms with Gasteiger partial charge in [-0.1, -0.05) is 12.1 Å². The molecule has 0 aromatic heterocycles. The number of nitrogens with zero attached hydrogens (tertiary/aromatic N) is 3. The second kappa shape index (κ2) is 9.42. The molecular formula is C20H31N3O5S. The molecule has 3 rings (SSSR count). The highest BCUT2D eigenvalue weighted by molar-refractivity contribution is 7.86. The molecule has 0 bridgehead atoms. The molecule has 8 nitrogen and oxygen atoms in total. The van der Waals surface area contributed by atoms with E-state index in [9.17, 15) is 13.2 Å². The van der Waals surface area contributed by atoms with Crippen molar-refractivity contribution in [3.05, 3.63) is 29.8 Å². The minimum absolute atomic E-state index is 0.0616. The quantitative estimate of drug-likeness (QED) is 0.683. The van der Waals surface area contributed by atoms with E-state index < -0.39 is 10.2 Å². The Bertz CT molecular complexity index is 781. The predicted octanol–water partition coefficient (Wildman–Crippen LogP) is 1.13. The molecule has 2 heterocycles. The highest BCUT2D eigenvalue weighted by Gasteiger charge is 2.37. The van der Waals surface area contributed by atoms with Crippen LogP contribution in [0.4, 0.5) is 0 Å². The molecule has 0 radical (unpaired) electrons. The smallest absolute Gasteiger partial charge is 0.282 e. The SMILES string of the molecule is COc1ccc(CCC(=O)N2CCN(S(=O)(=O)N3C[C@H](C)O[C@@H](C)C3)CC2)cc1. The molecule has 2 fully saturated rings. The van der Waals surface area contributed by atoms with Gasteiger partial charge in [-0.25, -0.2) is 0 Å². The Labute approximate surface area is 173 Å². The molecule has 0 unspecified atom stereocenters. The maximum Gasteiger partial charge on any atom is 0.282 e. The molecular weight excluding hydrogens is 394 g/mol. The molecule has 0 spiro atoms. The van der Waals surface area contributed by atoms with Crippen LogP contribution in [-0.4, -0.2) is 86.4 Å². The lowest BCUT2D eigenvalue weighted by Gasteiger charge is -2.40. The number of rotatable bonds is 6. The number of carbonyl (C=O) groups excluding carboxylic acids is 1. The Balaban J connectivity index is 1.49. The second-order valence-electron chi connectivity index (χ2n) is 7.71. The van der Waals surface area contributed by atoms with Crippen LogP contribution in [0, 0.1) is 0 Å². The summed E-state index contributed by atoms with van der Waals surface area (Å²) in [6, 6.07) is 7.69. The standard InChI is InChI=1S/C20H31N3O5S/c1-16-14-23(15-17(2)28-16)29(25,26)22-12-10-21(11-13-22)20(24)9-6-18-4-7-19(27-3)8-5-18/h4-5,7-8,16-17H,6,9-15H2,1-3H3/t16-,17-/m0/s1. The van der Waals surface area contributed by atoms with Crippen molar-refractivity contribution in [2.24, 2.45) is 0 Å². The fraction of sp³-hybridized carbons (Fsp3) is 0.650. The van der Waals surface area contributed by atoms with Crippen molar-refractivity contribution in [2.75, 3.05) is 46.4 Å². The normalized spacial score (nSPS) is 24.4. The minimum atomic E-state index is -3.53. The number of methoxy groups -OCH3 is 1. The van der Waals surface area contributed by atoms with Gasteiger partial charge in [-0.15, -0.1) is 0 Å². The van der Waals surface area contributed by atoms with Gasteiger partial charge < -0.3 is 14.4 Å². The number of piperazine rings is 1. The molecule has 29 heavy (non-hydrogen) atoms. The highest BCUT2D eigenvalue weighted by Crippen LogP contribution is 2.19. The fourth-order valence-electron chi connectivity index (χ4n) is 3.85. The number of amides is 1. The van der Waals surface area contributed by atoms with E-state index in [2.05, 4.69) is 0 Å². The van der Waals surface area contributed by atoms with Crippen molar-refractivity contribution in [1.82, 2.24) is 13.5 Å². The lowest BCUT2D eigenvalue weighted by atomic mass is 10.1. The lowest BCUT2D eigenvalue weighted by Crippen LogP contribution is -2.57. The highest BCUT2D eigenvalue weighted by atomic mass is 32.2. The third kappa shape index (κ3) is 5.48.